The monoisotopic (exact) mass is 382 g/mol. The molecule has 1 unspecified atom stereocenters. The number of ether oxygens (including phenoxy) is 3. The number of likely N-dealkylation sites (tertiary alicyclic amines) is 1. The summed E-state index contributed by atoms with van der Waals surface area (Å²) in [6.45, 7) is 1.04. The van der Waals surface area contributed by atoms with Crippen LogP contribution in [0, 0.1) is 0 Å². The van der Waals surface area contributed by atoms with Crippen LogP contribution in [0.4, 0.5) is 5.69 Å². The van der Waals surface area contributed by atoms with Gasteiger partial charge in [-0.2, -0.15) is 0 Å². The number of nitrogens with one attached hydrogen (secondary N) is 1. The Morgan fingerprint density at radius 1 is 1.18 bits per heavy atom. The Bertz CT molecular complexity index is 898. The van der Waals surface area contributed by atoms with Crippen LogP contribution in [0.15, 0.2) is 42.5 Å². The number of hydrogen-bond acceptors (Lipinski definition) is 5. The van der Waals surface area contributed by atoms with Crippen LogP contribution < -0.4 is 14.8 Å². The number of carbonyl (C=O) groups is 2. The normalized spacial score (nSPS) is 17.8. The maximum Gasteiger partial charge on any atom is 0.247 e. The van der Waals surface area contributed by atoms with Crippen LogP contribution in [0.5, 0.6) is 11.5 Å². The molecule has 1 atom stereocenters. The Labute approximate surface area is 163 Å². The van der Waals surface area contributed by atoms with Crippen molar-refractivity contribution in [3.8, 4) is 11.5 Å². The third-order valence-corrected chi connectivity index (χ3v) is 4.93. The highest BCUT2D eigenvalue weighted by Crippen LogP contribution is 2.33. The van der Waals surface area contributed by atoms with Crippen molar-refractivity contribution in [2.24, 2.45) is 0 Å². The average Bonchev–Trinajstić information content (AvgIpc) is 3.29. The molecular formula is C21H22N2O5. The maximum atomic E-state index is 12.8. The van der Waals surface area contributed by atoms with Crippen LogP contribution >= 0.6 is 0 Å². The van der Waals surface area contributed by atoms with Crippen molar-refractivity contribution in [2.75, 3.05) is 19.2 Å². The Kier molecular flexibility index (Phi) is 5.16. The molecule has 2 aliphatic heterocycles. The van der Waals surface area contributed by atoms with Crippen molar-refractivity contribution in [1.82, 2.24) is 4.90 Å². The second kappa shape index (κ2) is 7.90. The predicted octanol–water partition coefficient (Wildman–Crippen LogP) is 2.69. The van der Waals surface area contributed by atoms with Gasteiger partial charge < -0.3 is 24.4 Å². The Hall–Kier alpha value is -3.06. The van der Waals surface area contributed by atoms with E-state index in [4.69, 9.17) is 14.2 Å². The summed E-state index contributed by atoms with van der Waals surface area (Å²) in [4.78, 5) is 26.9. The lowest BCUT2D eigenvalue weighted by molar-refractivity contribution is -0.133. The molecule has 0 aromatic heterocycles. The molecular weight excluding hydrogens is 360 g/mol. The first-order chi connectivity index (χ1) is 13.6. The predicted molar refractivity (Wildman–Crippen MR) is 102 cm³/mol. The number of nitrogens with zero attached hydrogens (tertiary/aromatic N) is 1. The summed E-state index contributed by atoms with van der Waals surface area (Å²) in [6.07, 6.45) is 0.874. The Morgan fingerprint density at radius 3 is 2.89 bits per heavy atom. The van der Waals surface area contributed by atoms with Gasteiger partial charge in [-0.3, -0.25) is 9.59 Å². The summed E-state index contributed by atoms with van der Waals surface area (Å²) < 4.78 is 15.9. The molecule has 0 radical (unpaired) electrons. The number of carbonyl (C=O) groups excluding carboxylic acids is 2. The third kappa shape index (κ3) is 3.80. The van der Waals surface area contributed by atoms with E-state index in [2.05, 4.69) is 5.32 Å². The second-order valence-corrected chi connectivity index (χ2v) is 6.89. The van der Waals surface area contributed by atoms with Crippen molar-refractivity contribution >= 4 is 17.5 Å². The van der Waals surface area contributed by atoms with Gasteiger partial charge in [0.05, 0.1) is 6.61 Å². The molecule has 2 aliphatic rings. The number of fused-ring (bicyclic) bond motifs is 1. The standard InChI is InChI=1S/C21H22N2O5/c1-26-12-15-3-2-4-16(9-15)22-21(25)17-6-8-20(24)23(17)11-14-5-7-18-19(10-14)28-13-27-18/h2-5,7,9-10,17H,6,8,11-13H2,1H3,(H,22,25). The van der Waals surface area contributed by atoms with E-state index in [0.717, 1.165) is 11.1 Å². The van der Waals surface area contributed by atoms with E-state index >= 15 is 0 Å². The first-order valence-corrected chi connectivity index (χ1v) is 9.21. The number of benzene rings is 2. The van der Waals surface area contributed by atoms with E-state index in [1.807, 2.05) is 42.5 Å². The van der Waals surface area contributed by atoms with Crippen molar-refractivity contribution in [3.05, 3.63) is 53.6 Å². The zero-order chi connectivity index (χ0) is 19.5. The molecule has 2 aromatic carbocycles. The van der Waals surface area contributed by atoms with Gasteiger partial charge in [-0.05, 0) is 41.8 Å². The zero-order valence-electron chi connectivity index (χ0n) is 15.6. The van der Waals surface area contributed by atoms with Gasteiger partial charge in [-0.25, -0.2) is 0 Å². The van der Waals surface area contributed by atoms with E-state index < -0.39 is 6.04 Å². The SMILES string of the molecule is COCc1cccc(NC(=O)C2CCC(=O)N2Cc2ccc3c(c2)OCO3)c1. The second-order valence-electron chi connectivity index (χ2n) is 6.89. The minimum absolute atomic E-state index is 0.0223. The molecule has 2 aromatic rings. The van der Waals surface area contributed by atoms with Crippen LogP contribution in [-0.4, -0.2) is 36.7 Å². The first-order valence-electron chi connectivity index (χ1n) is 9.21. The van der Waals surface area contributed by atoms with E-state index in [9.17, 15) is 9.59 Å². The van der Waals surface area contributed by atoms with Crippen LogP contribution in [0.25, 0.3) is 0 Å². The number of anilines is 1. The van der Waals surface area contributed by atoms with Crippen LogP contribution in [0.2, 0.25) is 0 Å². The quantitative estimate of drug-likeness (QED) is 0.831. The van der Waals surface area contributed by atoms with Crippen molar-refractivity contribution in [3.63, 3.8) is 0 Å². The molecule has 0 bridgehead atoms. The molecule has 0 spiro atoms. The third-order valence-electron chi connectivity index (χ3n) is 4.93. The fourth-order valence-corrected chi connectivity index (χ4v) is 3.57. The van der Waals surface area contributed by atoms with Gasteiger partial charge in [0.25, 0.3) is 0 Å². The van der Waals surface area contributed by atoms with Gasteiger partial charge in [0.15, 0.2) is 11.5 Å². The van der Waals surface area contributed by atoms with Crippen LogP contribution in [-0.2, 0) is 27.5 Å². The summed E-state index contributed by atoms with van der Waals surface area (Å²) in [5.74, 6) is 1.16. The lowest BCUT2D eigenvalue weighted by Gasteiger charge is -2.24. The van der Waals surface area contributed by atoms with E-state index in [0.29, 0.717) is 43.2 Å². The van der Waals surface area contributed by atoms with Gasteiger partial charge >= 0.3 is 0 Å². The van der Waals surface area contributed by atoms with Crippen LogP contribution in [0.3, 0.4) is 0 Å². The van der Waals surface area contributed by atoms with Crippen LogP contribution in [0.1, 0.15) is 24.0 Å². The molecule has 2 amide bonds. The van der Waals surface area contributed by atoms with Gasteiger partial charge in [-0.15, -0.1) is 0 Å². The average molecular weight is 382 g/mol. The summed E-state index contributed by atoms with van der Waals surface area (Å²) in [6, 6.07) is 12.6. The molecule has 146 valence electrons. The van der Waals surface area contributed by atoms with Gasteiger partial charge in [-0.1, -0.05) is 18.2 Å². The maximum absolute atomic E-state index is 12.8. The number of rotatable bonds is 6. The number of hydrogen-bond donors (Lipinski definition) is 1. The molecule has 1 saturated heterocycles. The molecule has 2 heterocycles. The number of amides is 2. The molecule has 4 rings (SSSR count). The van der Waals surface area contributed by atoms with Crippen molar-refractivity contribution < 1.29 is 23.8 Å². The highest BCUT2D eigenvalue weighted by molar-refractivity contribution is 5.99. The molecule has 7 heteroatoms. The lowest BCUT2D eigenvalue weighted by atomic mass is 10.1. The number of methoxy groups -OCH3 is 1. The van der Waals surface area contributed by atoms with E-state index in [1.165, 1.54) is 0 Å². The minimum Gasteiger partial charge on any atom is -0.454 e. The van der Waals surface area contributed by atoms with E-state index in [1.54, 1.807) is 12.0 Å². The van der Waals surface area contributed by atoms with Crippen molar-refractivity contribution in [1.29, 1.82) is 0 Å². The topological polar surface area (TPSA) is 77.1 Å². The molecule has 0 aliphatic carbocycles. The van der Waals surface area contributed by atoms with Gasteiger partial charge in [0, 0.05) is 25.8 Å². The lowest BCUT2D eigenvalue weighted by Crippen LogP contribution is -2.41. The Morgan fingerprint density at radius 2 is 2.04 bits per heavy atom. The molecule has 28 heavy (non-hydrogen) atoms. The summed E-state index contributed by atoms with van der Waals surface area (Å²) in [5.41, 5.74) is 2.57. The fraction of sp³-hybridized carbons (Fsp3) is 0.333. The molecule has 1 fully saturated rings. The van der Waals surface area contributed by atoms with Crippen molar-refractivity contribution in [2.45, 2.75) is 32.0 Å². The highest BCUT2D eigenvalue weighted by atomic mass is 16.7. The molecule has 0 saturated carbocycles. The summed E-state index contributed by atoms with van der Waals surface area (Å²) in [5, 5.41) is 2.93. The minimum atomic E-state index is -0.496. The highest BCUT2D eigenvalue weighted by Gasteiger charge is 2.36. The van der Waals surface area contributed by atoms with Gasteiger partial charge in [0.2, 0.25) is 18.6 Å². The van der Waals surface area contributed by atoms with E-state index in [-0.39, 0.29) is 18.6 Å². The summed E-state index contributed by atoms with van der Waals surface area (Å²) >= 11 is 0. The fourth-order valence-electron chi connectivity index (χ4n) is 3.57. The Balaban J connectivity index is 1.46. The zero-order valence-corrected chi connectivity index (χ0v) is 15.6. The first kappa shape index (κ1) is 18.3. The molecule has 7 nitrogen and oxygen atoms in total. The van der Waals surface area contributed by atoms with Gasteiger partial charge in [0.1, 0.15) is 6.04 Å². The summed E-state index contributed by atoms with van der Waals surface area (Å²) in [7, 11) is 1.63. The largest absolute Gasteiger partial charge is 0.454 e. The molecule has 1 N–H and O–H groups in total. The smallest absolute Gasteiger partial charge is 0.247 e.